The molecule has 78 valence electrons. The van der Waals surface area contributed by atoms with E-state index in [-0.39, 0.29) is 0 Å². The van der Waals surface area contributed by atoms with Crippen molar-refractivity contribution in [1.29, 1.82) is 0 Å². The first-order chi connectivity index (χ1) is 7.13. The van der Waals surface area contributed by atoms with Crippen molar-refractivity contribution in [2.45, 2.75) is 12.2 Å². The van der Waals surface area contributed by atoms with Crippen molar-refractivity contribution in [3.05, 3.63) is 30.3 Å². The standard InChI is InChI=1S/C10H9NO4/c12-7-8(13)10(15)11(9(7)14)6-4-2-1-3-5-6/h1-5,7-8,12-13H. The fraction of sp³-hybridized carbons (Fsp3) is 0.200. The Morgan fingerprint density at radius 3 is 1.87 bits per heavy atom. The molecule has 1 aromatic rings. The summed E-state index contributed by atoms with van der Waals surface area (Å²) < 4.78 is 0. The second-order valence-electron chi connectivity index (χ2n) is 3.24. The number of hydrogen-bond donors (Lipinski definition) is 2. The zero-order valence-corrected chi connectivity index (χ0v) is 7.70. The average molecular weight is 207 g/mol. The maximum atomic E-state index is 11.4. The van der Waals surface area contributed by atoms with E-state index in [9.17, 15) is 19.8 Å². The monoisotopic (exact) mass is 207 g/mol. The molecular weight excluding hydrogens is 198 g/mol. The van der Waals surface area contributed by atoms with E-state index in [1.807, 2.05) is 0 Å². The van der Waals surface area contributed by atoms with Crippen LogP contribution in [-0.2, 0) is 9.59 Å². The fourth-order valence-electron chi connectivity index (χ4n) is 1.47. The lowest BCUT2D eigenvalue weighted by Gasteiger charge is -2.12. The molecule has 0 radical (unpaired) electrons. The highest BCUT2D eigenvalue weighted by atomic mass is 16.4. The van der Waals surface area contributed by atoms with Gasteiger partial charge in [0.05, 0.1) is 5.69 Å². The summed E-state index contributed by atoms with van der Waals surface area (Å²) in [6.45, 7) is 0. The largest absolute Gasteiger partial charge is 0.380 e. The number of para-hydroxylation sites is 1. The van der Waals surface area contributed by atoms with Crippen LogP contribution >= 0.6 is 0 Å². The van der Waals surface area contributed by atoms with Crippen LogP contribution in [0.5, 0.6) is 0 Å². The summed E-state index contributed by atoms with van der Waals surface area (Å²) >= 11 is 0. The number of aliphatic hydroxyl groups is 2. The normalized spacial score (nSPS) is 26.1. The number of amides is 2. The van der Waals surface area contributed by atoms with Gasteiger partial charge < -0.3 is 10.2 Å². The van der Waals surface area contributed by atoms with Crippen LogP contribution in [-0.4, -0.2) is 34.2 Å². The van der Waals surface area contributed by atoms with Gasteiger partial charge in [-0.25, -0.2) is 4.90 Å². The predicted molar refractivity (Wildman–Crippen MR) is 50.9 cm³/mol. The van der Waals surface area contributed by atoms with Crippen molar-refractivity contribution < 1.29 is 19.8 Å². The molecule has 15 heavy (non-hydrogen) atoms. The molecule has 2 rings (SSSR count). The Balaban J connectivity index is 2.39. The minimum absolute atomic E-state index is 0.350. The summed E-state index contributed by atoms with van der Waals surface area (Å²) in [5, 5.41) is 18.4. The van der Waals surface area contributed by atoms with E-state index < -0.39 is 24.0 Å². The van der Waals surface area contributed by atoms with Gasteiger partial charge >= 0.3 is 0 Å². The molecule has 1 aliphatic heterocycles. The summed E-state index contributed by atoms with van der Waals surface area (Å²) in [5.74, 6) is -1.59. The van der Waals surface area contributed by atoms with Gasteiger partial charge in [0.2, 0.25) is 0 Å². The van der Waals surface area contributed by atoms with E-state index in [0.717, 1.165) is 4.90 Å². The molecule has 1 aliphatic rings. The van der Waals surface area contributed by atoms with E-state index in [2.05, 4.69) is 0 Å². The van der Waals surface area contributed by atoms with Gasteiger partial charge in [0.25, 0.3) is 11.8 Å². The third-order valence-corrected chi connectivity index (χ3v) is 2.26. The molecule has 1 heterocycles. The van der Waals surface area contributed by atoms with Crippen molar-refractivity contribution in [3.63, 3.8) is 0 Å². The molecule has 0 saturated carbocycles. The number of rotatable bonds is 1. The van der Waals surface area contributed by atoms with E-state index in [4.69, 9.17) is 0 Å². The smallest absolute Gasteiger partial charge is 0.265 e. The molecule has 0 spiro atoms. The molecule has 2 atom stereocenters. The Morgan fingerprint density at radius 2 is 1.40 bits per heavy atom. The molecule has 0 aromatic heterocycles. The molecule has 1 fully saturated rings. The Hall–Kier alpha value is -1.72. The topological polar surface area (TPSA) is 77.8 Å². The van der Waals surface area contributed by atoms with Gasteiger partial charge in [0.15, 0.2) is 12.2 Å². The van der Waals surface area contributed by atoms with Crippen LogP contribution in [0.1, 0.15) is 0 Å². The Bertz CT molecular complexity index is 383. The molecule has 2 amide bonds. The molecule has 1 aromatic carbocycles. The highest BCUT2D eigenvalue weighted by molar-refractivity contribution is 6.24. The van der Waals surface area contributed by atoms with E-state index in [1.54, 1.807) is 30.3 Å². The molecule has 2 unspecified atom stereocenters. The minimum Gasteiger partial charge on any atom is -0.380 e. The van der Waals surface area contributed by atoms with Gasteiger partial charge in [-0.3, -0.25) is 9.59 Å². The maximum Gasteiger partial charge on any atom is 0.265 e. The Kier molecular flexibility index (Phi) is 2.26. The van der Waals surface area contributed by atoms with Crippen molar-refractivity contribution in [2.75, 3.05) is 4.90 Å². The Morgan fingerprint density at radius 1 is 0.933 bits per heavy atom. The maximum absolute atomic E-state index is 11.4. The van der Waals surface area contributed by atoms with Gasteiger partial charge in [-0.05, 0) is 12.1 Å². The molecule has 0 bridgehead atoms. The summed E-state index contributed by atoms with van der Waals surface area (Å²) in [5.41, 5.74) is 0.350. The number of benzene rings is 1. The summed E-state index contributed by atoms with van der Waals surface area (Å²) in [6, 6.07) is 8.17. The number of carbonyl (C=O) groups excluding carboxylic acids is 2. The van der Waals surface area contributed by atoms with E-state index >= 15 is 0 Å². The van der Waals surface area contributed by atoms with Gasteiger partial charge in [-0.15, -0.1) is 0 Å². The van der Waals surface area contributed by atoms with Crippen LogP contribution in [0.2, 0.25) is 0 Å². The SMILES string of the molecule is O=C1C(O)C(O)C(=O)N1c1ccccc1. The van der Waals surface area contributed by atoms with E-state index in [1.165, 1.54) is 0 Å². The second-order valence-corrected chi connectivity index (χ2v) is 3.24. The van der Waals surface area contributed by atoms with Gasteiger partial charge in [-0.2, -0.15) is 0 Å². The lowest BCUT2D eigenvalue weighted by atomic mass is 10.2. The quantitative estimate of drug-likeness (QED) is 0.596. The first-order valence-corrected chi connectivity index (χ1v) is 4.42. The van der Waals surface area contributed by atoms with Gasteiger partial charge in [0.1, 0.15) is 0 Å². The fourth-order valence-corrected chi connectivity index (χ4v) is 1.47. The van der Waals surface area contributed by atoms with Gasteiger partial charge in [0, 0.05) is 0 Å². The Labute approximate surface area is 85.6 Å². The number of nitrogens with zero attached hydrogens (tertiary/aromatic N) is 1. The van der Waals surface area contributed by atoms with Crippen LogP contribution in [0.25, 0.3) is 0 Å². The highest BCUT2D eigenvalue weighted by Gasteiger charge is 2.46. The molecule has 1 saturated heterocycles. The summed E-state index contributed by atoms with van der Waals surface area (Å²) in [7, 11) is 0. The number of aliphatic hydroxyl groups excluding tert-OH is 2. The highest BCUT2D eigenvalue weighted by Crippen LogP contribution is 2.22. The zero-order valence-electron chi connectivity index (χ0n) is 7.70. The third-order valence-electron chi connectivity index (χ3n) is 2.26. The lowest BCUT2D eigenvalue weighted by Crippen LogP contribution is -2.31. The summed E-state index contributed by atoms with van der Waals surface area (Å²) in [4.78, 5) is 23.6. The second kappa shape index (κ2) is 3.45. The van der Waals surface area contributed by atoms with Crippen LogP contribution in [0, 0.1) is 0 Å². The molecule has 2 N–H and O–H groups in total. The van der Waals surface area contributed by atoms with Crippen LogP contribution in [0.15, 0.2) is 30.3 Å². The summed E-state index contributed by atoms with van der Waals surface area (Å²) in [6.07, 6.45) is -3.31. The predicted octanol–water partition coefficient (Wildman–Crippen LogP) is -0.718. The number of carbonyl (C=O) groups is 2. The molecule has 5 heteroatoms. The minimum atomic E-state index is -1.65. The number of anilines is 1. The van der Waals surface area contributed by atoms with Gasteiger partial charge in [-0.1, -0.05) is 18.2 Å². The third kappa shape index (κ3) is 1.42. The zero-order chi connectivity index (χ0) is 11.0. The molecular formula is C10H9NO4. The van der Waals surface area contributed by atoms with Crippen LogP contribution in [0.4, 0.5) is 5.69 Å². The van der Waals surface area contributed by atoms with Crippen LogP contribution in [0.3, 0.4) is 0 Å². The van der Waals surface area contributed by atoms with Crippen molar-refractivity contribution >= 4 is 17.5 Å². The van der Waals surface area contributed by atoms with Crippen molar-refractivity contribution in [3.8, 4) is 0 Å². The molecule has 0 aliphatic carbocycles. The first-order valence-electron chi connectivity index (χ1n) is 4.42. The van der Waals surface area contributed by atoms with Crippen molar-refractivity contribution in [2.24, 2.45) is 0 Å². The number of imide groups is 1. The van der Waals surface area contributed by atoms with E-state index in [0.29, 0.717) is 5.69 Å². The average Bonchev–Trinajstić information content (AvgIpc) is 2.45. The van der Waals surface area contributed by atoms with Crippen LogP contribution < -0.4 is 4.90 Å². The first kappa shape index (κ1) is 9.82. The number of hydrogen-bond acceptors (Lipinski definition) is 4. The lowest BCUT2D eigenvalue weighted by molar-refractivity contribution is -0.129. The molecule has 5 nitrogen and oxygen atoms in total. The van der Waals surface area contributed by atoms with Crippen molar-refractivity contribution in [1.82, 2.24) is 0 Å².